The molecule has 0 aliphatic rings. The molecule has 0 aliphatic heterocycles. The Labute approximate surface area is 107 Å². The molecule has 1 aromatic carbocycles. The van der Waals surface area contributed by atoms with Crippen molar-refractivity contribution in [1.82, 2.24) is 4.98 Å². The molecule has 0 spiro atoms. The molecule has 2 rings (SSSR count). The van der Waals surface area contributed by atoms with E-state index in [2.05, 4.69) is 36.2 Å². The standard InChI is InChI=1S/C14H18N2S/c1-10-11(2)17-14(16-10)13(15)9-8-12-6-4-3-5-7-12/h3-7,13H,8-9,15H2,1-2H3. The summed E-state index contributed by atoms with van der Waals surface area (Å²) in [7, 11) is 0. The number of aromatic nitrogens is 1. The minimum atomic E-state index is 0.0626. The third-order valence-electron chi connectivity index (χ3n) is 2.95. The molecule has 17 heavy (non-hydrogen) atoms. The predicted octanol–water partition coefficient (Wildman–Crippen LogP) is 3.39. The van der Waals surface area contributed by atoms with E-state index in [1.807, 2.05) is 13.0 Å². The van der Waals surface area contributed by atoms with Crippen molar-refractivity contribution in [2.24, 2.45) is 5.73 Å². The van der Waals surface area contributed by atoms with Crippen molar-refractivity contribution in [2.45, 2.75) is 32.7 Å². The Bertz CT molecular complexity index is 457. The molecule has 90 valence electrons. The van der Waals surface area contributed by atoms with Gasteiger partial charge < -0.3 is 5.73 Å². The van der Waals surface area contributed by atoms with Crippen molar-refractivity contribution in [3.05, 3.63) is 51.5 Å². The Hall–Kier alpha value is -1.19. The molecule has 0 saturated heterocycles. The summed E-state index contributed by atoms with van der Waals surface area (Å²) in [6.45, 7) is 4.14. The Morgan fingerprint density at radius 3 is 2.53 bits per heavy atom. The highest BCUT2D eigenvalue weighted by Crippen LogP contribution is 2.24. The minimum Gasteiger partial charge on any atom is -0.322 e. The van der Waals surface area contributed by atoms with Crippen molar-refractivity contribution >= 4 is 11.3 Å². The van der Waals surface area contributed by atoms with Crippen molar-refractivity contribution in [2.75, 3.05) is 0 Å². The molecule has 2 nitrogen and oxygen atoms in total. The fourth-order valence-electron chi connectivity index (χ4n) is 1.75. The molecule has 3 heteroatoms. The third kappa shape index (κ3) is 3.14. The number of benzene rings is 1. The van der Waals surface area contributed by atoms with Gasteiger partial charge >= 0.3 is 0 Å². The van der Waals surface area contributed by atoms with E-state index in [-0.39, 0.29) is 6.04 Å². The first-order valence-corrected chi connectivity index (χ1v) is 6.72. The maximum absolute atomic E-state index is 6.17. The summed E-state index contributed by atoms with van der Waals surface area (Å²) in [5, 5.41) is 1.07. The van der Waals surface area contributed by atoms with Gasteiger partial charge in [-0.05, 0) is 32.3 Å². The maximum atomic E-state index is 6.17. The van der Waals surface area contributed by atoms with Gasteiger partial charge in [0.2, 0.25) is 0 Å². The summed E-state index contributed by atoms with van der Waals surface area (Å²) in [6.07, 6.45) is 1.97. The van der Waals surface area contributed by atoms with Crippen LogP contribution < -0.4 is 5.73 Å². The van der Waals surface area contributed by atoms with Crippen molar-refractivity contribution in [1.29, 1.82) is 0 Å². The van der Waals surface area contributed by atoms with E-state index in [0.29, 0.717) is 0 Å². The van der Waals surface area contributed by atoms with Crippen LogP contribution in [-0.4, -0.2) is 4.98 Å². The highest BCUT2D eigenvalue weighted by Gasteiger charge is 2.12. The summed E-state index contributed by atoms with van der Waals surface area (Å²) < 4.78 is 0. The Kier molecular flexibility index (Phi) is 3.92. The van der Waals surface area contributed by atoms with Crippen LogP contribution in [0.15, 0.2) is 30.3 Å². The van der Waals surface area contributed by atoms with E-state index in [9.17, 15) is 0 Å². The van der Waals surface area contributed by atoms with E-state index in [1.54, 1.807) is 11.3 Å². The lowest BCUT2D eigenvalue weighted by Crippen LogP contribution is -2.11. The van der Waals surface area contributed by atoms with Crippen LogP contribution in [0.4, 0.5) is 0 Å². The predicted molar refractivity (Wildman–Crippen MR) is 73.3 cm³/mol. The topological polar surface area (TPSA) is 38.9 Å². The molecule has 0 aliphatic carbocycles. The smallest absolute Gasteiger partial charge is 0.110 e. The lowest BCUT2D eigenvalue weighted by Gasteiger charge is -2.08. The lowest BCUT2D eigenvalue weighted by atomic mass is 10.1. The Morgan fingerprint density at radius 2 is 1.94 bits per heavy atom. The first kappa shape index (κ1) is 12.3. The van der Waals surface area contributed by atoms with Gasteiger partial charge in [-0.15, -0.1) is 11.3 Å². The molecule has 1 heterocycles. The average Bonchev–Trinajstić information content (AvgIpc) is 2.68. The van der Waals surface area contributed by atoms with Gasteiger partial charge in [0.15, 0.2) is 0 Å². The highest BCUT2D eigenvalue weighted by molar-refractivity contribution is 7.11. The molecule has 1 unspecified atom stereocenters. The molecule has 0 fully saturated rings. The summed E-state index contributed by atoms with van der Waals surface area (Å²) in [5.74, 6) is 0. The van der Waals surface area contributed by atoms with E-state index >= 15 is 0 Å². The van der Waals surface area contributed by atoms with Crippen LogP contribution in [0.1, 0.15) is 33.6 Å². The highest BCUT2D eigenvalue weighted by atomic mass is 32.1. The SMILES string of the molecule is Cc1nc(C(N)CCc2ccccc2)sc1C. The van der Waals surface area contributed by atoms with E-state index in [1.165, 1.54) is 10.4 Å². The van der Waals surface area contributed by atoms with E-state index in [0.717, 1.165) is 23.5 Å². The Morgan fingerprint density at radius 1 is 1.24 bits per heavy atom. The fourth-order valence-corrected chi connectivity index (χ4v) is 2.71. The molecular formula is C14H18N2S. The van der Waals surface area contributed by atoms with Gasteiger partial charge in [0.05, 0.1) is 11.7 Å². The second kappa shape index (κ2) is 5.43. The van der Waals surface area contributed by atoms with Crippen LogP contribution in [0.2, 0.25) is 0 Å². The van der Waals surface area contributed by atoms with Crippen LogP contribution in [0.3, 0.4) is 0 Å². The van der Waals surface area contributed by atoms with Crippen LogP contribution in [-0.2, 0) is 6.42 Å². The van der Waals surface area contributed by atoms with Crippen molar-refractivity contribution in [3.63, 3.8) is 0 Å². The number of nitrogens with two attached hydrogens (primary N) is 1. The molecule has 0 amide bonds. The first-order chi connectivity index (χ1) is 8.16. The molecule has 1 aromatic heterocycles. The van der Waals surface area contributed by atoms with Crippen LogP contribution in [0, 0.1) is 13.8 Å². The zero-order valence-corrected chi connectivity index (χ0v) is 11.1. The number of rotatable bonds is 4. The number of hydrogen-bond acceptors (Lipinski definition) is 3. The molecule has 0 saturated carbocycles. The van der Waals surface area contributed by atoms with Crippen LogP contribution in [0.5, 0.6) is 0 Å². The van der Waals surface area contributed by atoms with Gasteiger partial charge in [0.1, 0.15) is 5.01 Å². The van der Waals surface area contributed by atoms with Crippen molar-refractivity contribution < 1.29 is 0 Å². The van der Waals surface area contributed by atoms with E-state index < -0.39 is 0 Å². The van der Waals surface area contributed by atoms with Gasteiger partial charge in [-0.1, -0.05) is 30.3 Å². The maximum Gasteiger partial charge on any atom is 0.110 e. The number of thiazole rings is 1. The van der Waals surface area contributed by atoms with Crippen molar-refractivity contribution in [3.8, 4) is 0 Å². The second-order valence-corrected chi connectivity index (χ2v) is 5.56. The van der Waals surface area contributed by atoms with Gasteiger partial charge in [-0.2, -0.15) is 0 Å². The van der Waals surface area contributed by atoms with Crippen LogP contribution in [0.25, 0.3) is 0 Å². The molecule has 1 atom stereocenters. The molecular weight excluding hydrogens is 228 g/mol. The fraction of sp³-hybridized carbons (Fsp3) is 0.357. The zero-order valence-electron chi connectivity index (χ0n) is 10.3. The zero-order chi connectivity index (χ0) is 12.3. The quantitative estimate of drug-likeness (QED) is 0.898. The number of nitrogens with zero attached hydrogens (tertiary/aromatic N) is 1. The van der Waals surface area contributed by atoms with Crippen LogP contribution >= 0.6 is 11.3 Å². The summed E-state index contributed by atoms with van der Waals surface area (Å²) in [4.78, 5) is 5.79. The summed E-state index contributed by atoms with van der Waals surface area (Å²) in [6, 6.07) is 10.5. The normalized spacial score (nSPS) is 12.6. The van der Waals surface area contributed by atoms with Gasteiger partial charge in [-0.25, -0.2) is 4.98 Å². The molecule has 2 aromatic rings. The number of hydrogen-bond donors (Lipinski definition) is 1. The first-order valence-electron chi connectivity index (χ1n) is 5.90. The van der Waals surface area contributed by atoms with Gasteiger partial charge in [0.25, 0.3) is 0 Å². The summed E-state index contributed by atoms with van der Waals surface area (Å²) >= 11 is 1.72. The monoisotopic (exact) mass is 246 g/mol. The van der Waals surface area contributed by atoms with Gasteiger partial charge in [0, 0.05) is 4.88 Å². The van der Waals surface area contributed by atoms with E-state index in [4.69, 9.17) is 5.73 Å². The number of aryl methyl sites for hydroxylation is 3. The lowest BCUT2D eigenvalue weighted by molar-refractivity contribution is 0.646. The van der Waals surface area contributed by atoms with Gasteiger partial charge in [-0.3, -0.25) is 0 Å². The molecule has 0 bridgehead atoms. The molecule has 0 radical (unpaired) electrons. The second-order valence-electron chi connectivity index (χ2n) is 4.32. The average molecular weight is 246 g/mol. The minimum absolute atomic E-state index is 0.0626. The molecule has 2 N–H and O–H groups in total. The largest absolute Gasteiger partial charge is 0.322 e. The third-order valence-corrected chi connectivity index (χ3v) is 4.15. The summed E-state index contributed by atoms with van der Waals surface area (Å²) in [5.41, 5.74) is 8.62. The Balaban J connectivity index is 1.96.